The van der Waals surface area contributed by atoms with Crippen LogP contribution in [0.25, 0.3) is 15.9 Å². The van der Waals surface area contributed by atoms with E-state index in [1.165, 1.54) is 16.9 Å². The van der Waals surface area contributed by atoms with Crippen molar-refractivity contribution in [2.75, 3.05) is 0 Å². The third kappa shape index (κ3) is 2.00. The minimum Gasteiger partial charge on any atom is -0.323 e. The van der Waals surface area contributed by atoms with Gasteiger partial charge in [0, 0.05) is 4.88 Å². The molecule has 112 valence electrons. The van der Waals surface area contributed by atoms with E-state index in [1.54, 1.807) is 15.9 Å². The van der Waals surface area contributed by atoms with Crippen molar-refractivity contribution >= 4 is 33.8 Å². The Morgan fingerprint density at radius 3 is 2.86 bits per heavy atom. The first kappa shape index (κ1) is 13.9. The zero-order valence-electron chi connectivity index (χ0n) is 12.3. The SMILES string of the molecule is C[C@@H]1CCCc2sc3[nH]c(=S)n(-c4ccccc4)c(=O)c3c21. The van der Waals surface area contributed by atoms with Gasteiger partial charge in [-0.25, -0.2) is 0 Å². The fourth-order valence-electron chi connectivity index (χ4n) is 3.38. The zero-order chi connectivity index (χ0) is 15.3. The lowest BCUT2D eigenvalue weighted by Crippen LogP contribution is -2.21. The number of fused-ring (bicyclic) bond motifs is 3. The number of H-pyrrole nitrogens is 1. The molecule has 0 fully saturated rings. The number of nitrogens with zero attached hydrogens (tertiary/aromatic N) is 1. The summed E-state index contributed by atoms with van der Waals surface area (Å²) in [5.41, 5.74) is 2.07. The van der Waals surface area contributed by atoms with Crippen LogP contribution in [0.3, 0.4) is 0 Å². The molecule has 0 saturated carbocycles. The number of hydrogen-bond acceptors (Lipinski definition) is 3. The smallest absolute Gasteiger partial charge is 0.267 e. The second-order valence-electron chi connectivity index (χ2n) is 5.84. The number of rotatable bonds is 1. The first-order valence-corrected chi connectivity index (χ1v) is 8.75. The summed E-state index contributed by atoms with van der Waals surface area (Å²) in [6.07, 6.45) is 3.43. The molecule has 1 aliphatic rings. The van der Waals surface area contributed by atoms with Crippen LogP contribution in [0.1, 0.15) is 36.1 Å². The maximum atomic E-state index is 13.1. The van der Waals surface area contributed by atoms with Gasteiger partial charge in [-0.1, -0.05) is 25.1 Å². The van der Waals surface area contributed by atoms with Crippen LogP contribution >= 0.6 is 23.6 Å². The molecule has 0 radical (unpaired) electrons. The normalized spacial score (nSPS) is 17.6. The van der Waals surface area contributed by atoms with Crippen LogP contribution in [0.4, 0.5) is 0 Å². The van der Waals surface area contributed by atoms with Crippen molar-refractivity contribution in [1.29, 1.82) is 0 Å². The monoisotopic (exact) mass is 328 g/mol. The van der Waals surface area contributed by atoms with E-state index in [-0.39, 0.29) is 5.56 Å². The Kier molecular flexibility index (Phi) is 3.27. The maximum Gasteiger partial charge on any atom is 0.267 e. The predicted molar refractivity (Wildman–Crippen MR) is 94.0 cm³/mol. The quantitative estimate of drug-likeness (QED) is 0.666. The van der Waals surface area contributed by atoms with Gasteiger partial charge in [0.2, 0.25) is 0 Å². The molecule has 0 saturated heterocycles. The lowest BCUT2D eigenvalue weighted by Gasteiger charge is -2.18. The fraction of sp³-hybridized carbons (Fsp3) is 0.294. The lowest BCUT2D eigenvalue weighted by atomic mass is 9.88. The first-order valence-electron chi connectivity index (χ1n) is 7.53. The zero-order valence-corrected chi connectivity index (χ0v) is 13.9. The summed E-state index contributed by atoms with van der Waals surface area (Å²) in [5, 5.41) is 0.838. The highest BCUT2D eigenvalue weighted by Crippen LogP contribution is 2.40. The van der Waals surface area contributed by atoms with Crippen LogP contribution in [-0.2, 0) is 6.42 Å². The van der Waals surface area contributed by atoms with Crippen molar-refractivity contribution < 1.29 is 0 Å². The molecule has 2 aromatic heterocycles. The molecule has 2 heterocycles. The van der Waals surface area contributed by atoms with Crippen LogP contribution in [0.15, 0.2) is 35.1 Å². The van der Waals surface area contributed by atoms with E-state index in [9.17, 15) is 4.79 Å². The molecule has 5 heteroatoms. The highest BCUT2D eigenvalue weighted by atomic mass is 32.1. The van der Waals surface area contributed by atoms with Gasteiger partial charge in [-0.3, -0.25) is 9.36 Å². The van der Waals surface area contributed by atoms with E-state index in [2.05, 4.69) is 11.9 Å². The molecule has 0 bridgehead atoms. The van der Waals surface area contributed by atoms with Crippen LogP contribution in [0.5, 0.6) is 0 Å². The summed E-state index contributed by atoms with van der Waals surface area (Å²) < 4.78 is 2.08. The van der Waals surface area contributed by atoms with Crippen molar-refractivity contribution in [2.45, 2.75) is 32.1 Å². The summed E-state index contributed by atoms with van der Waals surface area (Å²) in [6.45, 7) is 2.22. The van der Waals surface area contributed by atoms with Crippen molar-refractivity contribution in [2.24, 2.45) is 0 Å². The van der Waals surface area contributed by atoms with Crippen LogP contribution < -0.4 is 5.56 Å². The van der Waals surface area contributed by atoms with Crippen LogP contribution in [0, 0.1) is 4.77 Å². The van der Waals surface area contributed by atoms with Gasteiger partial charge in [0.15, 0.2) is 4.77 Å². The van der Waals surface area contributed by atoms with E-state index in [1.807, 2.05) is 30.3 Å². The summed E-state index contributed by atoms with van der Waals surface area (Å²) in [6, 6.07) is 9.62. The van der Waals surface area contributed by atoms with E-state index >= 15 is 0 Å². The number of aromatic nitrogens is 2. The van der Waals surface area contributed by atoms with Gasteiger partial charge >= 0.3 is 0 Å². The highest BCUT2D eigenvalue weighted by molar-refractivity contribution is 7.71. The molecule has 4 rings (SSSR count). The van der Waals surface area contributed by atoms with Gasteiger partial charge in [0.25, 0.3) is 5.56 Å². The van der Waals surface area contributed by atoms with Gasteiger partial charge in [-0.05, 0) is 55.1 Å². The van der Waals surface area contributed by atoms with E-state index in [4.69, 9.17) is 12.2 Å². The number of nitrogens with one attached hydrogen (secondary N) is 1. The molecule has 22 heavy (non-hydrogen) atoms. The molecule has 0 unspecified atom stereocenters. The molecule has 3 aromatic rings. The third-order valence-electron chi connectivity index (χ3n) is 4.41. The standard InChI is InChI=1S/C17H16N2OS2/c1-10-6-5-9-12-13(10)14-15(22-12)18-17(21)19(16(14)20)11-7-3-2-4-8-11/h2-4,7-8,10H,5-6,9H2,1H3,(H,18,21)/t10-/m1/s1. The van der Waals surface area contributed by atoms with E-state index < -0.39 is 0 Å². The molecule has 1 aliphatic carbocycles. The van der Waals surface area contributed by atoms with E-state index in [0.29, 0.717) is 10.7 Å². The predicted octanol–water partition coefficient (Wildman–Crippen LogP) is 4.55. The van der Waals surface area contributed by atoms with Crippen molar-refractivity contribution in [1.82, 2.24) is 9.55 Å². The molecular formula is C17H16N2OS2. The van der Waals surface area contributed by atoms with Crippen molar-refractivity contribution in [3.63, 3.8) is 0 Å². The number of hydrogen-bond donors (Lipinski definition) is 1. The molecule has 3 nitrogen and oxygen atoms in total. The topological polar surface area (TPSA) is 37.8 Å². The maximum absolute atomic E-state index is 13.1. The Labute approximate surface area is 137 Å². The molecule has 0 aliphatic heterocycles. The molecule has 1 aromatic carbocycles. The second-order valence-corrected chi connectivity index (χ2v) is 7.33. The van der Waals surface area contributed by atoms with E-state index in [0.717, 1.165) is 28.7 Å². The van der Waals surface area contributed by atoms with Gasteiger partial charge in [-0.2, -0.15) is 0 Å². The Balaban J connectivity index is 2.11. The average Bonchev–Trinajstić information content (AvgIpc) is 2.88. The third-order valence-corrected chi connectivity index (χ3v) is 5.88. The largest absolute Gasteiger partial charge is 0.323 e. The minimum atomic E-state index is 0.0104. The summed E-state index contributed by atoms with van der Waals surface area (Å²) in [5.74, 6) is 0.443. The van der Waals surface area contributed by atoms with Gasteiger partial charge < -0.3 is 4.98 Å². The molecule has 1 atom stereocenters. The van der Waals surface area contributed by atoms with Crippen molar-refractivity contribution in [3.8, 4) is 5.69 Å². The second kappa shape index (κ2) is 5.18. The Hall–Kier alpha value is -1.72. The van der Waals surface area contributed by atoms with Gasteiger partial charge in [-0.15, -0.1) is 11.3 Å². The average molecular weight is 328 g/mol. The Morgan fingerprint density at radius 1 is 1.32 bits per heavy atom. The number of aromatic amines is 1. The molecule has 0 spiro atoms. The number of thiophene rings is 1. The molecule has 1 N–H and O–H groups in total. The minimum absolute atomic E-state index is 0.0104. The Morgan fingerprint density at radius 2 is 2.09 bits per heavy atom. The fourth-order valence-corrected chi connectivity index (χ4v) is 5.09. The Bertz CT molecular complexity index is 966. The van der Waals surface area contributed by atoms with Gasteiger partial charge in [0.05, 0.1) is 11.1 Å². The molecule has 0 amide bonds. The number of aryl methyl sites for hydroxylation is 1. The number of para-hydroxylation sites is 1. The first-order chi connectivity index (χ1) is 10.7. The summed E-state index contributed by atoms with van der Waals surface area (Å²) >= 11 is 7.13. The summed E-state index contributed by atoms with van der Waals surface area (Å²) in [7, 11) is 0. The molecular weight excluding hydrogens is 312 g/mol. The van der Waals surface area contributed by atoms with Crippen LogP contribution in [0.2, 0.25) is 0 Å². The van der Waals surface area contributed by atoms with Gasteiger partial charge in [0.1, 0.15) is 4.83 Å². The highest BCUT2D eigenvalue weighted by Gasteiger charge is 2.25. The lowest BCUT2D eigenvalue weighted by molar-refractivity contribution is 0.601. The van der Waals surface area contributed by atoms with Crippen LogP contribution in [-0.4, -0.2) is 9.55 Å². The summed E-state index contributed by atoms with van der Waals surface area (Å²) in [4.78, 5) is 18.7. The number of benzene rings is 1. The van der Waals surface area contributed by atoms with Crippen molar-refractivity contribution in [3.05, 3.63) is 55.9 Å².